The predicted octanol–water partition coefficient (Wildman–Crippen LogP) is 1.78. The molecule has 1 aliphatic rings. The molecule has 0 aromatic heterocycles. The Bertz CT molecular complexity index is 662. The van der Waals surface area contributed by atoms with E-state index in [1.165, 1.54) is 4.90 Å². The summed E-state index contributed by atoms with van der Waals surface area (Å²) < 4.78 is 10.7. The first kappa shape index (κ1) is 22.1. The Labute approximate surface area is 171 Å². The smallest absolute Gasteiger partial charge is 0.243 e. The van der Waals surface area contributed by atoms with Gasteiger partial charge in [-0.15, -0.1) is 24.0 Å². The fourth-order valence-corrected chi connectivity index (χ4v) is 2.12. The van der Waals surface area contributed by atoms with Crippen LogP contribution < -0.4 is 20.1 Å². The molecule has 1 aliphatic heterocycles. The molecular formula is C18H27IN4O3. The van der Waals surface area contributed by atoms with Gasteiger partial charge in [0.15, 0.2) is 17.5 Å². The van der Waals surface area contributed by atoms with Crippen LogP contribution in [0.25, 0.3) is 0 Å². The second-order valence-electron chi connectivity index (χ2n) is 6.13. The van der Waals surface area contributed by atoms with Gasteiger partial charge in [-0.3, -0.25) is 4.79 Å². The maximum Gasteiger partial charge on any atom is 0.243 e. The normalized spacial score (nSPS) is 12.2. The molecule has 2 N–H and O–H groups in total. The van der Waals surface area contributed by atoms with Gasteiger partial charge in [0.05, 0.1) is 0 Å². The highest BCUT2D eigenvalue weighted by atomic mass is 127. The van der Waals surface area contributed by atoms with Gasteiger partial charge in [-0.25, -0.2) is 4.99 Å². The van der Waals surface area contributed by atoms with Crippen molar-refractivity contribution in [2.24, 2.45) is 4.99 Å². The van der Waals surface area contributed by atoms with E-state index in [1.807, 2.05) is 25.1 Å². The number of nitrogens with zero attached hydrogens (tertiary/aromatic N) is 2. The fourth-order valence-electron chi connectivity index (χ4n) is 2.12. The molecule has 1 heterocycles. The third-order valence-electron chi connectivity index (χ3n) is 3.57. The van der Waals surface area contributed by atoms with Crippen LogP contribution in [0.5, 0.6) is 11.5 Å². The molecular weight excluding hydrogens is 447 g/mol. The zero-order valence-corrected chi connectivity index (χ0v) is 17.8. The summed E-state index contributed by atoms with van der Waals surface area (Å²) in [5.74, 6) is 2.11. The first-order valence-electron chi connectivity index (χ1n) is 8.21. The van der Waals surface area contributed by atoms with E-state index < -0.39 is 0 Å². The molecule has 0 radical (unpaired) electrons. The summed E-state index contributed by atoms with van der Waals surface area (Å²) in [7, 11) is 3.43. The van der Waals surface area contributed by atoms with Crippen molar-refractivity contribution in [1.82, 2.24) is 15.5 Å². The van der Waals surface area contributed by atoms with E-state index in [1.54, 1.807) is 14.1 Å². The van der Waals surface area contributed by atoms with Crippen molar-refractivity contribution in [1.29, 1.82) is 0 Å². The van der Waals surface area contributed by atoms with Crippen molar-refractivity contribution in [3.05, 3.63) is 35.9 Å². The standard InChI is InChI=1S/C18H26N4O3.HI/c1-13(2)10-20-18(21-11-17(23)22(3)4)19-8-7-14-5-6-15-16(9-14)25-12-24-15;/h5-6,9H,1,7-8,10-12H2,2-4H3,(H2,19,20,21);1H. The summed E-state index contributed by atoms with van der Waals surface area (Å²) >= 11 is 0. The van der Waals surface area contributed by atoms with Crippen LogP contribution in [0.4, 0.5) is 0 Å². The zero-order chi connectivity index (χ0) is 18.2. The highest BCUT2D eigenvalue weighted by molar-refractivity contribution is 14.0. The average molecular weight is 474 g/mol. The summed E-state index contributed by atoms with van der Waals surface area (Å²) in [5.41, 5.74) is 2.13. The Morgan fingerprint density at radius 3 is 2.69 bits per heavy atom. The topological polar surface area (TPSA) is 75.2 Å². The molecule has 1 aromatic carbocycles. The number of hydrogen-bond donors (Lipinski definition) is 2. The maximum absolute atomic E-state index is 11.7. The van der Waals surface area contributed by atoms with Crippen molar-refractivity contribution in [3.8, 4) is 11.5 Å². The van der Waals surface area contributed by atoms with E-state index >= 15 is 0 Å². The monoisotopic (exact) mass is 474 g/mol. The molecule has 26 heavy (non-hydrogen) atoms. The minimum absolute atomic E-state index is 0. The quantitative estimate of drug-likeness (QED) is 0.273. The number of likely N-dealkylation sites (N-methyl/N-ethyl adjacent to an activating group) is 1. The number of carbonyl (C=O) groups excluding carboxylic acids is 1. The van der Waals surface area contributed by atoms with E-state index in [2.05, 4.69) is 22.2 Å². The Hall–Kier alpha value is -1.97. The molecule has 0 saturated heterocycles. The van der Waals surface area contributed by atoms with Crippen LogP contribution in [-0.4, -0.2) is 57.3 Å². The van der Waals surface area contributed by atoms with Crippen LogP contribution in [0.2, 0.25) is 0 Å². The van der Waals surface area contributed by atoms with E-state index in [4.69, 9.17) is 9.47 Å². The summed E-state index contributed by atoms with van der Waals surface area (Å²) in [6.07, 6.45) is 0.798. The number of guanidine groups is 1. The minimum atomic E-state index is -0.0489. The first-order valence-corrected chi connectivity index (χ1v) is 8.21. The number of amides is 1. The molecule has 7 nitrogen and oxygen atoms in total. The van der Waals surface area contributed by atoms with Crippen LogP contribution in [0, 0.1) is 0 Å². The lowest BCUT2D eigenvalue weighted by atomic mass is 10.1. The summed E-state index contributed by atoms with van der Waals surface area (Å²) in [6.45, 7) is 7.46. The lowest BCUT2D eigenvalue weighted by molar-refractivity contribution is -0.127. The molecule has 144 valence electrons. The van der Waals surface area contributed by atoms with Gasteiger partial charge in [0.1, 0.15) is 6.54 Å². The molecule has 0 spiro atoms. The number of nitrogens with one attached hydrogen (secondary N) is 2. The molecule has 0 aliphatic carbocycles. The van der Waals surface area contributed by atoms with Crippen LogP contribution in [0.15, 0.2) is 35.3 Å². The second-order valence-corrected chi connectivity index (χ2v) is 6.13. The van der Waals surface area contributed by atoms with Gasteiger partial charge < -0.3 is 25.0 Å². The Morgan fingerprint density at radius 1 is 1.27 bits per heavy atom. The predicted molar refractivity (Wildman–Crippen MR) is 113 cm³/mol. The largest absolute Gasteiger partial charge is 0.454 e. The summed E-state index contributed by atoms with van der Waals surface area (Å²) in [4.78, 5) is 17.6. The molecule has 0 saturated carbocycles. The zero-order valence-electron chi connectivity index (χ0n) is 15.5. The first-order chi connectivity index (χ1) is 12.0. The molecule has 1 amide bonds. The van der Waals surface area contributed by atoms with Crippen LogP contribution >= 0.6 is 24.0 Å². The van der Waals surface area contributed by atoms with Gasteiger partial charge in [0, 0.05) is 27.2 Å². The summed E-state index contributed by atoms with van der Waals surface area (Å²) in [6, 6.07) is 5.92. The number of halogens is 1. The average Bonchev–Trinajstić information content (AvgIpc) is 3.03. The maximum atomic E-state index is 11.7. The molecule has 0 fully saturated rings. The van der Waals surface area contributed by atoms with Gasteiger partial charge >= 0.3 is 0 Å². The number of rotatable bonds is 7. The SMILES string of the molecule is C=C(C)CNC(=NCC(=O)N(C)C)NCCc1ccc2c(c1)OCO2.I. The third kappa shape index (κ3) is 7.11. The van der Waals surface area contributed by atoms with E-state index in [0.29, 0.717) is 19.0 Å². The van der Waals surface area contributed by atoms with Gasteiger partial charge in [-0.2, -0.15) is 0 Å². The van der Waals surface area contributed by atoms with Crippen LogP contribution in [-0.2, 0) is 11.2 Å². The van der Waals surface area contributed by atoms with Crippen molar-refractivity contribution >= 4 is 35.8 Å². The number of fused-ring (bicyclic) bond motifs is 1. The van der Waals surface area contributed by atoms with E-state index in [-0.39, 0.29) is 43.2 Å². The lowest BCUT2D eigenvalue weighted by Gasteiger charge is -2.14. The van der Waals surface area contributed by atoms with Gasteiger partial charge in [0.2, 0.25) is 12.7 Å². The number of carbonyl (C=O) groups is 1. The second kappa shape index (κ2) is 10.9. The minimum Gasteiger partial charge on any atom is -0.454 e. The molecule has 2 rings (SSSR count). The van der Waals surface area contributed by atoms with Gasteiger partial charge in [-0.05, 0) is 31.0 Å². The van der Waals surface area contributed by atoms with Crippen LogP contribution in [0.1, 0.15) is 12.5 Å². The van der Waals surface area contributed by atoms with E-state index in [0.717, 1.165) is 29.1 Å². The van der Waals surface area contributed by atoms with Gasteiger partial charge in [0.25, 0.3) is 0 Å². The number of hydrogen-bond acceptors (Lipinski definition) is 4. The molecule has 0 atom stereocenters. The molecule has 1 aromatic rings. The number of ether oxygens (including phenoxy) is 2. The fraction of sp³-hybridized carbons (Fsp3) is 0.444. The van der Waals surface area contributed by atoms with E-state index in [9.17, 15) is 4.79 Å². The Morgan fingerprint density at radius 2 is 2.00 bits per heavy atom. The molecule has 0 unspecified atom stereocenters. The van der Waals surface area contributed by atoms with Crippen molar-refractivity contribution in [2.75, 3.05) is 40.5 Å². The summed E-state index contributed by atoms with van der Waals surface area (Å²) in [5, 5.41) is 6.41. The van der Waals surface area contributed by atoms with Crippen molar-refractivity contribution in [3.63, 3.8) is 0 Å². The molecule has 0 bridgehead atoms. The Balaban J connectivity index is 0.00000338. The number of benzene rings is 1. The third-order valence-corrected chi connectivity index (χ3v) is 3.57. The highest BCUT2D eigenvalue weighted by Gasteiger charge is 2.13. The van der Waals surface area contributed by atoms with Crippen LogP contribution in [0.3, 0.4) is 0 Å². The van der Waals surface area contributed by atoms with Gasteiger partial charge in [-0.1, -0.05) is 18.2 Å². The Kier molecular flexibility index (Phi) is 9.25. The highest BCUT2D eigenvalue weighted by Crippen LogP contribution is 2.32. The molecule has 8 heteroatoms. The number of aliphatic imine (C=N–C) groups is 1. The lowest BCUT2D eigenvalue weighted by Crippen LogP contribution is -2.40. The van der Waals surface area contributed by atoms with Crippen molar-refractivity contribution in [2.45, 2.75) is 13.3 Å². The van der Waals surface area contributed by atoms with Crippen molar-refractivity contribution < 1.29 is 14.3 Å².